The molecule has 1 rings (SSSR count). The van der Waals surface area contributed by atoms with Crippen molar-refractivity contribution in [3.05, 3.63) is 0 Å². The van der Waals surface area contributed by atoms with Crippen LogP contribution in [0.1, 0.15) is 6.42 Å². The summed E-state index contributed by atoms with van der Waals surface area (Å²) in [6, 6.07) is 0.526. The molecule has 1 N–H and O–H groups in total. The second kappa shape index (κ2) is 4.21. The van der Waals surface area contributed by atoms with E-state index in [1.165, 1.54) is 0 Å². The molecular formula is C8H9F2N3O2. The number of hydrogen-bond donors (Lipinski definition) is 1. The van der Waals surface area contributed by atoms with Crippen LogP contribution >= 0.6 is 0 Å². The van der Waals surface area contributed by atoms with Crippen molar-refractivity contribution in [1.29, 1.82) is 5.26 Å². The lowest BCUT2D eigenvalue weighted by molar-refractivity contribution is -0.132. The highest BCUT2D eigenvalue weighted by molar-refractivity contribution is 5.81. The molecule has 0 spiro atoms. The molecule has 0 saturated carbocycles. The van der Waals surface area contributed by atoms with Gasteiger partial charge in [-0.25, -0.2) is 8.78 Å². The highest BCUT2D eigenvalue weighted by Crippen LogP contribution is 2.31. The van der Waals surface area contributed by atoms with Gasteiger partial charge in [-0.3, -0.25) is 9.59 Å². The van der Waals surface area contributed by atoms with E-state index < -0.39 is 30.8 Å². The number of amides is 2. The summed E-state index contributed by atoms with van der Waals surface area (Å²) in [6.45, 7) is -1.12. The van der Waals surface area contributed by atoms with Crippen LogP contribution < -0.4 is 5.32 Å². The number of nitrogens with zero attached hydrogens (tertiary/aromatic N) is 2. The summed E-state index contributed by atoms with van der Waals surface area (Å²) in [7, 11) is 0. The first-order chi connectivity index (χ1) is 7.00. The molecule has 1 aliphatic heterocycles. The van der Waals surface area contributed by atoms with E-state index in [0.717, 1.165) is 4.90 Å². The third kappa shape index (κ3) is 2.62. The minimum absolute atomic E-state index is 0.299. The van der Waals surface area contributed by atoms with Crippen molar-refractivity contribution in [1.82, 2.24) is 10.2 Å². The van der Waals surface area contributed by atoms with E-state index >= 15 is 0 Å². The summed E-state index contributed by atoms with van der Waals surface area (Å²) < 4.78 is 25.8. The summed E-state index contributed by atoms with van der Waals surface area (Å²) in [6.07, 6.45) is -0.343. The predicted octanol–water partition coefficient (Wildman–Crippen LogP) is -0.508. The van der Waals surface area contributed by atoms with Gasteiger partial charge in [0, 0.05) is 6.42 Å². The van der Waals surface area contributed by atoms with Gasteiger partial charge in [-0.1, -0.05) is 0 Å². The van der Waals surface area contributed by atoms with Gasteiger partial charge in [0.05, 0.1) is 19.2 Å². The van der Waals surface area contributed by atoms with Crippen molar-refractivity contribution in [2.75, 3.05) is 13.1 Å². The lowest BCUT2D eigenvalue weighted by Crippen LogP contribution is -2.41. The van der Waals surface area contributed by atoms with Crippen LogP contribution in [0.25, 0.3) is 0 Å². The molecule has 1 atom stereocenters. The molecule has 0 aliphatic carbocycles. The second-order valence-corrected chi connectivity index (χ2v) is 3.23. The van der Waals surface area contributed by atoms with Gasteiger partial charge in [-0.15, -0.1) is 0 Å². The van der Waals surface area contributed by atoms with Gasteiger partial charge in [0.1, 0.15) is 6.04 Å². The Morgan fingerprint density at radius 1 is 1.73 bits per heavy atom. The molecule has 82 valence electrons. The van der Waals surface area contributed by atoms with E-state index in [1.54, 1.807) is 6.07 Å². The van der Waals surface area contributed by atoms with Crippen LogP contribution in [-0.2, 0) is 9.59 Å². The number of hydrogen-bond acceptors (Lipinski definition) is 3. The van der Waals surface area contributed by atoms with Crippen LogP contribution in [-0.4, -0.2) is 42.3 Å². The molecule has 15 heavy (non-hydrogen) atoms. The first kappa shape index (κ1) is 11.4. The number of carbonyl (C=O) groups is 2. The van der Waals surface area contributed by atoms with Crippen molar-refractivity contribution in [2.24, 2.45) is 0 Å². The van der Waals surface area contributed by atoms with Gasteiger partial charge in [0.25, 0.3) is 5.92 Å². The lowest BCUT2D eigenvalue weighted by atomic mass is 10.2. The number of nitriles is 1. The summed E-state index contributed by atoms with van der Waals surface area (Å²) >= 11 is 0. The number of likely N-dealkylation sites (tertiary alicyclic amines) is 1. The Kier molecular flexibility index (Phi) is 3.19. The number of alkyl halides is 2. The summed E-state index contributed by atoms with van der Waals surface area (Å²) in [5.41, 5.74) is 0. The maximum atomic E-state index is 12.9. The highest BCUT2D eigenvalue weighted by atomic mass is 19.3. The normalized spacial score (nSPS) is 23.3. The van der Waals surface area contributed by atoms with Crippen molar-refractivity contribution in [3.63, 3.8) is 0 Å². The van der Waals surface area contributed by atoms with E-state index in [-0.39, 0.29) is 6.54 Å². The Morgan fingerprint density at radius 2 is 2.40 bits per heavy atom. The van der Waals surface area contributed by atoms with Gasteiger partial charge < -0.3 is 10.2 Å². The third-order valence-electron chi connectivity index (χ3n) is 2.08. The monoisotopic (exact) mass is 217 g/mol. The Labute approximate surface area is 84.6 Å². The van der Waals surface area contributed by atoms with Gasteiger partial charge in [-0.05, 0) is 0 Å². The Balaban J connectivity index is 2.65. The molecule has 1 aliphatic rings. The Morgan fingerprint density at radius 3 is 2.93 bits per heavy atom. The first-order valence-electron chi connectivity index (χ1n) is 4.24. The molecular weight excluding hydrogens is 208 g/mol. The zero-order chi connectivity index (χ0) is 11.5. The maximum absolute atomic E-state index is 12.9. The molecule has 0 unspecified atom stereocenters. The zero-order valence-electron chi connectivity index (χ0n) is 7.74. The number of nitrogens with one attached hydrogen (secondary N) is 1. The van der Waals surface area contributed by atoms with Gasteiger partial charge in [0.2, 0.25) is 12.3 Å². The topological polar surface area (TPSA) is 73.2 Å². The minimum Gasteiger partial charge on any atom is -0.350 e. The summed E-state index contributed by atoms with van der Waals surface area (Å²) in [5.74, 6) is -3.69. The molecule has 0 radical (unpaired) electrons. The molecule has 1 fully saturated rings. The molecule has 0 aromatic carbocycles. The molecule has 0 bridgehead atoms. The fraction of sp³-hybridized carbons (Fsp3) is 0.625. The van der Waals surface area contributed by atoms with Crippen LogP contribution in [0.5, 0.6) is 0 Å². The van der Waals surface area contributed by atoms with Crippen LogP contribution in [0.2, 0.25) is 0 Å². The standard InChI is InChI=1S/C8H9F2N3O2/c9-8(10)1-6(2-11)13(4-8)7(15)3-12-5-14/h5-6H,1,3-4H2,(H,12,14)/t6-/m0/s1. The van der Waals surface area contributed by atoms with Crippen LogP contribution in [0.15, 0.2) is 0 Å². The molecule has 1 saturated heterocycles. The average Bonchev–Trinajstić information content (AvgIpc) is 2.50. The first-order valence-corrected chi connectivity index (χ1v) is 4.24. The molecule has 1 heterocycles. The summed E-state index contributed by atoms with van der Waals surface area (Å²) in [4.78, 5) is 22.0. The molecule has 0 aromatic rings. The van der Waals surface area contributed by atoms with Crippen LogP contribution in [0.3, 0.4) is 0 Å². The van der Waals surface area contributed by atoms with Crippen LogP contribution in [0.4, 0.5) is 8.78 Å². The van der Waals surface area contributed by atoms with E-state index in [0.29, 0.717) is 6.41 Å². The average molecular weight is 217 g/mol. The molecule has 7 heteroatoms. The third-order valence-corrected chi connectivity index (χ3v) is 2.08. The SMILES string of the molecule is N#C[C@@H]1CC(F)(F)CN1C(=O)CNC=O. The number of halogens is 2. The van der Waals surface area contributed by atoms with Crippen LogP contribution in [0, 0.1) is 11.3 Å². The smallest absolute Gasteiger partial charge is 0.268 e. The van der Waals surface area contributed by atoms with Crippen molar-refractivity contribution >= 4 is 12.3 Å². The fourth-order valence-corrected chi connectivity index (χ4v) is 1.42. The zero-order valence-corrected chi connectivity index (χ0v) is 7.74. The van der Waals surface area contributed by atoms with Crippen molar-refractivity contribution < 1.29 is 18.4 Å². The van der Waals surface area contributed by atoms with E-state index in [9.17, 15) is 18.4 Å². The maximum Gasteiger partial charge on any atom is 0.268 e. The minimum atomic E-state index is -3.02. The molecule has 2 amide bonds. The fourth-order valence-electron chi connectivity index (χ4n) is 1.42. The largest absolute Gasteiger partial charge is 0.350 e. The van der Waals surface area contributed by atoms with Gasteiger partial charge in [-0.2, -0.15) is 5.26 Å². The number of carbonyl (C=O) groups excluding carboxylic acids is 2. The molecule has 5 nitrogen and oxygen atoms in total. The number of rotatable bonds is 3. The Hall–Kier alpha value is -1.71. The predicted molar refractivity (Wildman–Crippen MR) is 44.7 cm³/mol. The van der Waals surface area contributed by atoms with E-state index in [1.807, 2.05) is 0 Å². The van der Waals surface area contributed by atoms with Gasteiger partial charge >= 0.3 is 0 Å². The molecule has 0 aromatic heterocycles. The Bertz CT molecular complexity index is 313. The second-order valence-electron chi connectivity index (χ2n) is 3.23. The van der Waals surface area contributed by atoms with E-state index in [4.69, 9.17) is 5.26 Å². The van der Waals surface area contributed by atoms with Gasteiger partial charge in [0.15, 0.2) is 0 Å². The van der Waals surface area contributed by atoms with Crippen molar-refractivity contribution in [3.8, 4) is 6.07 Å². The van der Waals surface area contributed by atoms with E-state index in [2.05, 4.69) is 5.32 Å². The lowest BCUT2D eigenvalue weighted by Gasteiger charge is -2.18. The highest BCUT2D eigenvalue weighted by Gasteiger charge is 2.46. The summed E-state index contributed by atoms with van der Waals surface area (Å²) in [5, 5.41) is 10.6. The van der Waals surface area contributed by atoms with Crippen molar-refractivity contribution in [2.45, 2.75) is 18.4 Å². The quantitative estimate of drug-likeness (QED) is 0.647.